The van der Waals surface area contributed by atoms with E-state index < -0.39 is 0 Å². The summed E-state index contributed by atoms with van der Waals surface area (Å²) < 4.78 is 5.40. The van der Waals surface area contributed by atoms with E-state index >= 15 is 0 Å². The van der Waals surface area contributed by atoms with E-state index in [4.69, 9.17) is 9.68 Å². The average Bonchev–Trinajstić information content (AvgIpc) is 2.95. The molecule has 0 bridgehead atoms. The van der Waals surface area contributed by atoms with Gasteiger partial charge < -0.3 is 9.52 Å². The van der Waals surface area contributed by atoms with Gasteiger partial charge in [0.15, 0.2) is 0 Å². The standard InChI is InChI=1S/C14H19N3O3/c1-9-10(2)20-14(12(9)6-15)16-13(19)7-17-5-3-4-11(17)8-18/h11,18H,3-5,7-8H2,1-2H3,(H,16,19). The Labute approximate surface area is 118 Å². The number of nitrogens with zero attached hydrogens (tertiary/aromatic N) is 2. The van der Waals surface area contributed by atoms with E-state index in [2.05, 4.69) is 5.32 Å². The molecule has 0 saturated carbocycles. The molecule has 2 heterocycles. The number of aryl methyl sites for hydroxylation is 1. The van der Waals surface area contributed by atoms with Crippen LogP contribution in [0.3, 0.4) is 0 Å². The number of hydrogen-bond donors (Lipinski definition) is 2. The first kappa shape index (κ1) is 14.6. The van der Waals surface area contributed by atoms with Crippen LogP contribution in [0.5, 0.6) is 0 Å². The fourth-order valence-corrected chi connectivity index (χ4v) is 2.51. The smallest absolute Gasteiger partial charge is 0.240 e. The molecular formula is C14H19N3O3. The normalized spacial score (nSPS) is 19.0. The van der Waals surface area contributed by atoms with Gasteiger partial charge in [-0.05, 0) is 33.2 Å². The summed E-state index contributed by atoms with van der Waals surface area (Å²) in [6.07, 6.45) is 1.90. The van der Waals surface area contributed by atoms with Crippen molar-refractivity contribution in [2.75, 3.05) is 25.0 Å². The zero-order valence-corrected chi connectivity index (χ0v) is 11.8. The number of nitrogens with one attached hydrogen (secondary N) is 1. The van der Waals surface area contributed by atoms with E-state index in [-0.39, 0.29) is 31.0 Å². The highest BCUT2D eigenvalue weighted by molar-refractivity contribution is 5.92. The summed E-state index contributed by atoms with van der Waals surface area (Å²) in [5.41, 5.74) is 1.12. The molecule has 1 unspecified atom stereocenters. The quantitative estimate of drug-likeness (QED) is 0.862. The van der Waals surface area contributed by atoms with Crippen LogP contribution in [0.1, 0.15) is 29.7 Å². The largest absolute Gasteiger partial charge is 0.444 e. The molecule has 20 heavy (non-hydrogen) atoms. The second-order valence-corrected chi connectivity index (χ2v) is 5.10. The van der Waals surface area contributed by atoms with Gasteiger partial charge in [0.2, 0.25) is 11.8 Å². The van der Waals surface area contributed by atoms with Crippen molar-refractivity contribution in [2.45, 2.75) is 32.7 Å². The lowest BCUT2D eigenvalue weighted by Crippen LogP contribution is -2.38. The number of furan rings is 1. The molecule has 1 aliphatic rings. The Morgan fingerprint density at radius 2 is 2.35 bits per heavy atom. The molecule has 1 aliphatic heterocycles. The minimum absolute atomic E-state index is 0.0521. The zero-order valence-electron chi connectivity index (χ0n) is 11.8. The van der Waals surface area contributed by atoms with Crippen molar-refractivity contribution in [3.63, 3.8) is 0 Å². The molecular weight excluding hydrogens is 258 g/mol. The Hall–Kier alpha value is -1.84. The van der Waals surface area contributed by atoms with Gasteiger partial charge in [-0.2, -0.15) is 5.26 Å². The fraction of sp³-hybridized carbons (Fsp3) is 0.571. The minimum Gasteiger partial charge on any atom is -0.444 e. The van der Waals surface area contributed by atoms with Crippen molar-refractivity contribution in [3.8, 4) is 6.07 Å². The molecule has 0 aliphatic carbocycles. The van der Waals surface area contributed by atoms with E-state index in [1.54, 1.807) is 13.8 Å². The molecule has 0 radical (unpaired) electrons. The van der Waals surface area contributed by atoms with Gasteiger partial charge in [0.25, 0.3) is 0 Å². The van der Waals surface area contributed by atoms with E-state index in [1.807, 2.05) is 11.0 Å². The first-order valence-electron chi connectivity index (χ1n) is 6.71. The summed E-state index contributed by atoms with van der Waals surface area (Å²) in [5.74, 6) is 0.620. The van der Waals surface area contributed by atoms with Gasteiger partial charge >= 0.3 is 0 Å². The van der Waals surface area contributed by atoms with Crippen LogP contribution in [0.2, 0.25) is 0 Å². The Bertz CT molecular complexity index is 545. The maximum Gasteiger partial charge on any atom is 0.240 e. The SMILES string of the molecule is Cc1oc(NC(=O)CN2CCCC2CO)c(C#N)c1C. The monoisotopic (exact) mass is 277 g/mol. The van der Waals surface area contributed by atoms with Gasteiger partial charge in [-0.15, -0.1) is 0 Å². The highest BCUT2D eigenvalue weighted by atomic mass is 16.4. The van der Waals surface area contributed by atoms with Crippen LogP contribution in [0, 0.1) is 25.2 Å². The number of carbonyl (C=O) groups is 1. The summed E-state index contributed by atoms with van der Waals surface area (Å²) >= 11 is 0. The number of carbonyl (C=O) groups excluding carboxylic acids is 1. The van der Waals surface area contributed by atoms with E-state index in [9.17, 15) is 9.90 Å². The summed E-state index contributed by atoms with van der Waals surface area (Å²) in [7, 11) is 0. The second kappa shape index (κ2) is 6.07. The summed E-state index contributed by atoms with van der Waals surface area (Å²) in [4.78, 5) is 14.0. The maximum absolute atomic E-state index is 12.0. The van der Waals surface area contributed by atoms with Crippen molar-refractivity contribution < 1.29 is 14.3 Å². The molecule has 2 rings (SSSR count). The third-order valence-corrected chi connectivity index (χ3v) is 3.81. The lowest BCUT2D eigenvalue weighted by atomic mass is 10.2. The lowest BCUT2D eigenvalue weighted by Gasteiger charge is -2.21. The Balaban J connectivity index is 2.02. The number of hydrogen-bond acceptors (Lipinski definition) is 5. The molecule has 1 aromatic heterocycles. The predicted octanol–water partition coefficient (Wildman–Crippen LogP) is 1.16. The highest BCUT2D eigenvalue weighted by Crippen LogP contribution is 2.25. The summed E-state index contributed by atoms with van der Waals surface area (Å²) in [6.45, 7) is 4.62. The van der Waals surface area contributed by atoms with Crippen LogP contribution < -0.4 is 5.32 Å². The van der Waals surface area contributed by atoms with Gasteiger partial charge in [0.05, 0.1) is 13.2 Å². The molecule has 0 spiro atoms. The van der Waals surface area contributed by atoms with E-state index in [1.165, 1.54) is 0 Å². The number of anilines is 1. The predicted molar refractivity (Wildman–Crippen MR) is 73.2 cm³/mol. The van der Waals surface area contributed by atoms with E-state index in [0.29, 0.717) is 11.3 Å². The molecule has 0 aromatic carbocycles. The molecule has 108 valence electrons. The third kappa shape index (κ3) is 2.84. The first-order valence-corrected chi connectivity index (χ1v) is 6.71. The first-order chi connectivity index (χ1) is 9.56. The zero-order chi connectivity index (χ0) is 14.7. The third-order valence-electron chi connectivity index (χ3n) is 3.81. The number of amides is 1. The van der Waals surface area contributed by atoms with Crippen molar-refractivity contribution in [1.29, 1.82) is 5.26 Å². The average molecular weight is 277 g/mol. The molecule has 1 amide bonds. The topological polar surface area (TPSA) is 89.5 Å². The van der Waals surface area contributed by atoms with Crippen LogP contribution in [-0.4, -0.2) is 41.7 Å². The number of nitriles is 1. The highest BCUT2D eigenvalue weighted by Gasteiger charge is 2.26. The van der Waals surface area contributed by atoms with Crippen molar-refractivity contribution >= 4 is 11.8 Å². The van der Waals surface area contributed by atoms with Crippen LogP contribution in [0.4, 0.5) is 5.88 Å². The second-order valence-electron chi connectivity index (χ2n) is 5.10. The van der Waals surface area contributed by atoms with Gasteiger partial charge in [-0.3, -0.25) is 15.0 Å². The van der Waals surface area contributed by atoms with Crippen molar-refractivity contribution in [3.05, 3.63) is 16.9 Å². The molecule has 2 N–H and O–H groups in total. The Morgan fingerprint density at radius 1 is 1.60 bits per heavy atom. The number of aliphatic hydroxyl groups excluding tert-OH is 1. The molecule has 6 nitrogen and oxygen atoms in total. The van der Waals surface area contributed by atoms with Crippen molar-refractivity contribution in [1.82, 2.24) is 4.90 Å². The van der Waals surface area contributed by atoms with Gasteiger partial charge in [-0.1, -0.05) is 0 Å². The number of rotatable bonds is 4. The van der Waals surface area contributed by atoms with Crippen molar-refractivity contribution in [2.24, 2.45) is 0 Å². The maximum atomic E-state index is 12.0. The number of likely N-dealkylation sites (tertiary alicyclic amines) is 1. The Morgan fingerprint density at radius 3 is 3.00 bits per heavy atom. The van der Waals surface area contributed by atoms with Crippen LogP contribution in [0.15, 0.2) is 4.42 Å². The molecule has 1 aromatic rings. The van der Waals surface area contributed by atoms with Crippen LogP contribution in [0.25, 0.3) is 0 Å². The summed E-state index contributed by atoms with van der Waals surface area (Å²) in [5, 5.41) is 21.0. The number of aliphatic hydroxyl groups is 1. The van der Waals surface area contributed by atoms with Crippen LogP contribution >= 0.6 is 0 Å². The molecule has 6 heteroatoms. The minimum atomic E-state index is -0.226. The van der Waals surface area contributed by atoms with E-state index in [0.717, 1.165) is 24.9 Å². The van der Waals surface area contributed by atoms with Gasteiger partial charge in [-0.25, -0.2) is 0 Å². The lowest BCUT2D eigenvalue weighted by molar-refractivity contribution is -0.117. The summed E-state index contributed by atoms with van der Waals surface area (Å²) in [6, 6.07) is 2.09. The van der Waals surface area contributed by atoms with Crippen LogP contribution in [-0.2, 0) is 4.79 Å². The molecule has 1 saturated heterocycles. The fourth-order valence-electron chi connectivity index (χ4n) is 2.51. The molecule has 1 fully saturated rings. The Kier molecular flexibility index (Phi) is 4.42. The van der Waals surface area contributed by atoms with Gasteiger partial charge in [0, 0.05) is 11.6 Å². The van der Waals surface area contributed by atoms with Gasteiger partial charge in [0.1, 0.15) is 17.4 Å². The molecule has 1 atom stereocenters.